The van der Waals surface area contributed by atoms with E-state index in [0.717, 1.165) is 11.1 Å². The zero-order valence-corrected chi connectivity index (χ0v) is 17.6. The number of anilines is 1. The van der Waals surface area contributed by atoms with Gasteiger partial charge in [0.2, 0.25) is 5.91 Å². The lowest BCUT2D eigenvalue weighted by atomic mass is 10.0. The SMILES string of the molecule is COC(=O)CC(NC(=O)CCc1ccccc1N)c1ccc(OC)c(OC)c1.Cl. The predicted octanol–water partition coefficient (Wildman–Crippen LogP) is 3.06. The molecule has 29 heavy (non-hydrogen) atoms. The molecule has 8 heteroatoms. The molecule has 0 aliphatic heterocycles. The molecule has 0 fully saturated rings. The summed E-state index contributed by atoms with van der Waals surface area (Å²) >= 11 is 0. The molecule has 0 saturated heterocycles. The molecule has 2 aromatic carbocycles. The molecule has 158 valence electrons. The number of halogens is 1. The Balaban J connectivity index is 0.00000420. The van der Waals surface area contributed by atoms with Crippen molar-refractivity contribution < 1.29 is 23.8 Å². The van der Waals surface area contributed by atoms with Crippen LogP contribution in [-0.2, 0) is 20.7 Å². The van der Waals surface area contributed by atoms with Crippen molar-refractivity contribution in [1.29, 1.82) is 0 Å². The van der Waals surface area contributed by atoms with Gasteiger partial charge in [-0.3, -0.25) is 9.59 Å². The first-order valence-corrected chi connectivity index (χ1v) is 8.90. The van der Waals surface area contributed by atoms with Gasteiger partial charge in [0.1, 0.15) is 0 Å². The molecule has 0 spiro atoms. The van der Waals surface area contributed by atoms with Gasteiger partial charge < -0.3 is 25.3 Å². The van der Waals surface area contributed by atoms with Crippen molar-refractivity contribution in [3.05, 3.63) is 53.6 Å². The highest BCUT2D eigenvalue weighted by atomic mass is 35.5. The number of aryl methyl sites for hydroxylation is 1. The molecule has 1 atom stereocenters. The van der Waals surface area contributed by atoms with Crippen LogP contribution in [0.25, 0.3) is 0 Å². The van der Waals surface area contributed by atoms with Crippen LogP contribution < -0.4 is 20.5 Å². The quantitative estimate of drug-likeness (QED) is 0.476. The molecule has 0 radical (unpaired) electrons. The molecule has 2 rings (SSSR count). The molecule has 0 aliphatic rings. The van der Waals surface area contributed by atoms with Crippen LogP contribution in [0.5, 0.6) is 11.5 Å². The fourth-order valence-electron chi connectivity index (χ4n) is 2.85. The average molecular weight is 423 g/mol. The maximum Gasteiger partial charge on any atom is 0.307 e. The molecule has 1 amide bonds. The van der Waals surface area contributed by atoms with Crippen LogP contribution in [0.1, 0.15) is 30.0 Å². The highest BCUT2D eigenvalue weighted by Crippen LogP contribution is 2.31. The van der Waals surface area contributed by atoms with E-state index < -0.39 is 12.0 Å². The second-order valence-electron chi connectivity index (χ2n) is 6.21. The Hall–Kier alpha value is -2.93. The number of methoxy groups -OCH3 is 3. The summed E-state index contributed by atoms with van der Waals surface area (Å²) < 4.78 is 15.3. The summed E-state index contributed by atoms with van der Waals surface area (Å²) in [5.41, 5.74) is 8.21. The van der Waals surface area contributed by atoms with Crippen molar-refractivity contribution in [2.24, 2.45) is 0 Å². The van der Waals surface area contributed by atoms with Gasteiger partial charge in [-0.25, -0.2) is 0 Å². The Kier molecular flexibility index (Phi) is 9.82. The molecular weight excluding hydrogens is 396 g/mol. The molecule has 0 bridgehead atoms. The summed E-state index contributed by atoms with van der Waals surface area (Å²) in [4.78, 5) is 24.3. The number of carbonyl (C=O) groups excluding carboxylic acids is 2. The minimum atomic E-state index is -0.548. The van der Waals surface area contributed by atoms with E-state index in [1.807, 2.05) is 18.2 Å². The Morgan fingerprint density at radius 2 is 1.72 bits per heavy atom. The van der Waals surface area contributed by atoms with Crippen LogP contribution in [0.3, 0.4) is 0 Å². The lowest BCUT2D eigenvalue weighted by Gasteiger charge is -2.20. The van der Waals surface area contributed by atoms with Gasteiger partial charge in [-0.2, -0.15) is 0 Å². The van der Waals surface area contributed by atoms with Crippen molar-refractivity contribution in [3.63, 3.8) is 0 Å². The standard InChI is InChI=1S/C21H26N2O5.ClH/c1-26-18-10-8-15(12-19(18)27-2)17(13-21(25)28-3)23-20(24)11-9-14-6-4-5-7-16(14)22;/h4-8,10,12,17H,9,11,13,22H2,1-3H3,(H,23,24);1H. The van der Waals surface area contributed by atoms with E-state index >= 15 is 0 Å². The van der Waals surface area contributed by atoms with E-state index in [0.29, 0.717) is 23.6 Å². The summed E-state index contributed by atoms with van der Waals surface area (Å²) in [5.74, 6) is 0.467. The number of carbonyl (C=O) groups is 2. The van der Waals surface area contributed by atoms with Crippen molar-refractivity contribution in [2.45, 2.75) is 25.3 Å². The maximum atomic E-state index is 12.5. The Bertz CT molecular complexity index is 828. The third-order valence-electron chi connectivity index (χ3n) is 4.42. The molecule has 0 aromatic heterocycles. The van der Waals surface area contributed by atoms with E-state index in [4.69, 9.17) is 19.9 Å². The molecule has 3 N–H and O–H groups in total. The van der Waals surface area contributed by atoms with Crippen LogP contribution in [0.15, 0.2) is 42.5 Å². The first-order valence-electron chi connectivity index (χ1n) is 8.90. The van der Waals surface area contributed by atoms with Crippen LogP contribution in [0.2, 0.25) is 0 Å². The van der Waals surface area contributed by atoms with Gasteiger partial charge in [-0.1, -0.05) is 24.3 Å². The number of esters is 1. The lowest BCUT2D eigenvalue weighted by molar-refractivity contribution is -0.141. The number of hydrogen-bond donors (Lipinski definition) is 2. The summed E-state index contributed by atoms with van der Waals surface area (Å²) in [7, 11) is 4.38. The number of para-hydroxylation sites is 1. The number of rotatable bonds is 9. The number of benzene rings is 2. The number of amides is 1. The molecular formula is C21H27ClN2O5. The highest BCUT2D eigenvalue weighted by molar-refractivity contribution is 5.85. The summed E-state index contributed by atoms with van der Waals surface area (Å²) in [6.45, 7) is 0. The first-order chi connectivity index (χ1) is 13.5. The number of nitrogen functional groups attached to an aromatic ring is 1. The molecule has 7 nitrogen and oxygen atoms in total. The fourth-order valence-corrected chi connectivity index (χ4v) is 2.85. The molecule has 0 heterocycles. The second kappa shape index (κ2) is 11.8. The molecule has 0 aliphatic carbocycles. The summed E-state index contributed by atoms with van der Waals surface area (Å²) in [6.07, 6.45) is 0.764. The van der Waals surface area contributed by atoms with Crippen molar-refractivity contribution in [1.82, 2.24) is 5.32 Å². The van der Waals surface area contributed by atoms with Gasteiger partial charge in [0.25, 0.3) is 0 Å². The fraction of sp³-hybridized carbons (Fsp3) is 0.333. The van der Waals surface area contributed by atoms with E-state index in [1.54, 1.807) is 31.4 Å². The number of ether oxygens (including phenoxy) is 3. The predicted molar refractivity (Wildman–Crippen MR) is 113 cm³/mol. The van der Waals surface area contributed by atoms with E-state index in [9.17, 15) is 9.59 Å². The normalized spacial score (nSPS) is 11.0. The topological polar surface area (TPSA) is 99.9 Å². The monoisotopic (exact) mass is 422 g/mol. The summed E-state index contributed by atoms with van der Waals surface area (Å²) in [5, 5.41) is 2.90. The molecule has 0 saturated carbocycles. The molecule has 2 aromatic rings. The Labute approximate surface area is 176 Å². The third kappa shape index (κ3) is 6.87. The van der Waals surface area contributed by atoms with E-state index in [-0.39, 0.29) is 31.2 Å². The number of hydrogen-bond acceptors (Lipinski definition) is 6. The van der Waals surface area contributed by atoms with Gasteiger partial charge in [0, 0.05) is 12.1 Å². The van der Waals surface area contributed by atoms with Gasteiger partial charge in [-0.05, 0) is 35.7 Å². The zero-order valence-electron chi connectivity index (χ0n) is 16.8. The second-order valence-corrected chi connectivity index (χ2v) is 6.21. The van der Waals surface area contributed by atoms with E-state index in [1.165, 1.54) is 14.2 Å². The number of nitrogens with two attached hydrogens (primary N) is 1. The average Bonchev–Trinajstić information content (AvgIpc) is 2.71. The van der Waals surface area contributed by atoms with Gasteiger partial charge in [0.05, 0.1) is 33.8 Å². The van der Waals surface area contributed by atoms with Crippen molar-refractivity contribution in [2.75, 3.05) is 27.1 Å². The van der Waals surface area contributed by atoms with Crippen molar-refractivity contribution in [3.8, 4) is 11.5 Å². The maximum absolute atomic E-state index is 12.5. The minimum absolute atomic E-state index is 0. The third-order valence-corrected chi connectivity index (χ3v) is 4.42. The van der Waals surface area contributed by atoms with Crippen LogP contribution in [0, 0.1) is 0 Å². The first kappa shape index (κ1) is 24.1. The van der Waals surface area contributed by atoms with Crippen LogP contribution in [-0.4, -0.2) is 33.2 Å². The highest BCUT2D eigenvalue weighted by Gasteiger charge is 2.20. The molecule has 1 unspecified atom stereocenters. The Morgan fingerprint density at radius 3 is 2.34 bits per heavy atom. The van der Waals surface area contributed by atoms with Crippen molar-refractivity contribution >= 4 is 30.0 Å². The minimum Gasteiger partial charge on any atom is -0.493 e. The largest absolute Gasteiger partial charge is 0.493 e. The van der Waals surface area contributed by atoms with Gasteiger partial charge in [-0.15, -0.1) is 12.4 Å². The number of nitrogens with one attached hydrogen (secondary N) is 1. The van der Waals surface area contributed by atoms with Gasteiger partial charge in [0.15, 0.2) is 11.5 Å². The zero-order chi connectivity index (χ0) is 20.5. The Morgan fingerprint density at radius 1 is 1.03 bits per heavy atom. The van der Waals surface area contributed by atoms with Gasteiger partial charge >= 0.3 is 5.97 Å². The van der Waals surface area contributed by atoms with Crippen LogP contribution >= 0.6 is 12.4 Å². The van der Waals surface area contributed by atoms with E-state index in [2.05, 4.69) is 5.32 Å². The smallest absolute Gasteiger partial charge is 0.307 e. The lowest BCUT2D eigenvalue weighted by Crippen LogP contribution is -2.30. The summed E-state index contributed by atoms with van der Waals surface area (Å²) in [6, 6.07) is 12.1. The van der Waals surface area contributed by atoms with Crippen LogP contribution in [0.4, 0.5) is 5.69 Å².